The molecule has 1 aliphatic carbocycles. The molecule has 2 aliphatic rings. The Bertz CT molecular complexity index is 986. The van der Waals surface area contributed by atoms with Crippen molar-refractivity contribution in [2.45, 2.75) is 37.1 Å². The third-order valence-corrected chi connectivity index (χ3v) is 6.28. The lowest BCUT2D eigenvalue weighted by molar-refractivity contribution is -0.137. The highest BCUT2D eigenvalue weighted by molar-refractivity contribution is 7.81. The molecule has 158 valence electrons. The van der Waals surface area contributed by atoms with Crippen molar-refractivity contribution in [3.05, 3.63) is 59.4 Å². The Hall–Kier alpha value is -2.45. The van der Waals surface area contributed by atoms with Crippen LogP contribution in [0.5, 0.6) is 0 Å². The smallest absolute Gasteiger partial charge is 0.323 e. The number of aromatic nitrogens is 2. The van der Waals surface area contributed by atoms with Crippen molar-refractivity contribution in [1.29, 1.82) is 0 Å². The molecule has 2 heterocycles. The third kappa shape index (κ3) is 4.49. The first-order valence-corrected chi connectivity index (χ1v) is 10.6. The van der Waals surface area contributed by atoms with E-state index in [0.29, 0.717) is 30.9 Å². The van der Waals surface area contributed by atoms with Crippen molar-refractivity contribution in [1.82, 2.24) is 14.5 Å². The van der Waals surface area contributed by atoms with E-state index in [9.17, 15) is 14.0 Å². The highest BCUT2D eigenvalue weighted by atomic mass is 32.1. The van der Waals surface area contributed by atoms with Crippen molar-refractivity contribution in [2.75, 3.05) is 13.1 Å². The number of thiol groups is 1. The van der Waals surface area contributed by atoms with Crippen LogP contribution >= 0.6 is 12.6 Å². The number of piperidine rings is 1. The van der Waals surface area contributed by atoms with Crippen LogP contribution in [0, 0.1) is 11.7 Å². The molecule has 1 saturated heterocycles. The second kappa shape index (κ2) is 8.73. The van der Waals surface area contributed by atoms with Gasteiger partial charge in [0.05, 0.1) is 6.04 Å². The lowest BCUT2D eigenvalue weighted by Gasteiger charge is -2.37. The number of imidazole rings is 1. The molecule has 0 spiro atoms. The van der Waals surface area contributed by atoms with E-state index < -0.39 is 12.0 Å². The predicted octanol–water partition coefficient (Wildman–Crippen LogP) is 3.21. The number of Topliss-reactive ketones (excluding diaryl/α,β-unsaturated/α-hetero) is 1. The first kappa shape index (κ1) is 20.8. The Morgan fingerprint density at radius 1 is 1.30 bits per heavy atom. The molecular formula is C22H24FN3O3S. The Labute approximate surface area is 179 Å². The van der Waals surface area contributed by atoms with Gasteiger partial charge in [-0.15, -0.1) is 0 Å². The summed E-state index contributed by atoms with van der Waals surface area (Å²) in [5.74, 6) is -0.707. The normalized spacial score (nSPS) is 22.2. The quantitative estimate of drug-likeness (QED) is 0.661. The lowest BCUT2D eigenvalue weighted by atomic mass is 9.93. The van der Waals surface area contributed by atoms with Gasteiger partial charge < -0.3 is 9.67 Å². The van der Waals surface area contributed by atoms with Gasteiger partial charge in [0.1, 0.15) is 18.2 Å². The minimum atomic E-state index is -0.949. The van der Waals surface area contributed by atoms with Gasteiger partial charge in [-0.1, -0.05) is 18.2 Å². The molecule has 30 heavy (non-hydrogen) atoms. The fourth-order valence-electron chi connectivity index (χ4n) is 3.98. The van der Waals surface area contributed by atoms with Gasteiger partial charge in [0.25, 0.3) is 0 Å². The van der Waals surface area contributed by atoms with Crippen molar-refractivity contribution in [2.24, 2.45) is 5.92 Å². The summed E-state index contributed by atoms with van der Waals surface area (Å²) in [6.45, 7) is 0.899. The highest BCUT2D eigenvalue weighted by Gasteiger charge is 2.40. The van der Waals surface area contributed by atoms with Crippen molar-refractivity contribution in [3.8, 4) is 0 Å². The van der Waals surface area contributed by atoms with E-state index in [1.165, 1.54) is 6.07 Å². The van der Waals surface area contributed by atoms with E-state index in [-0.39, 0.29) is 29.3 Å². The molecule has 6 nitrogen and oxygen atoms in total. The van der Waals surface area contributed by atoms with Crippen LogP contribution in [-0.2, 0) is 16.1 Å². The molecule has 1 aromatic heterocycles. The number of carbonyl (C=O) groups is 2. The van der Waals surface area contributed by atoms with Gasteiger partial charge in [-0.05, 0) is 37.0 Å². The van der Waals surface area contributed by atoms with Gasteiger partial charge in [-0.2, -0.15) is 12.6 Å². The molecular weight excluding hydrogens is 405 g/mol. The minimum absolute atomic E-state index is 0.00484. The molecule has 0 amide bonds. The maximum absolute atomic E-state index is 14.6. The molecule has 0 radical (unpaired) electrons. The van der Waals surface area contributed by atoms with Gasteiger partial charge in [-0.3, -0.25) is 14.5 Å². The third-order valence-electron chi connectivity index (χ3n) is 5.69. The first-order valence-electron chi connectivity index (χ1n) is 10.1. The van der Waals surface area contributed by atoms with E-state index >= 15 is 0 Å². The Kier molecular flexibility index (Phi) is 6.06. The average molecular weight is 430 g/mol. The second-order valence-corrected chi connectivity index (χ2v) is 8.53. The zero-order chi connectivity index (χ0) is 21.3. The molecule has 8 heteroatoms. The molecule has 2 fully saturated rings. The predicted molar refractivity (Wildman–Crippen MR) is 114 cm³/mol. The zero-order valence-corrected chi connectivity index (χ0v) is 17.3. The number of carboxylic acids is 1. The number of aliphatic carboxylic acids is 1. The molecule has 0 bridgehead atoms. The maximum atomic E-state index is 14.6. The number of hydrogen-bond acceptors (Lipinski definition) is 5. The van der Waals surface area contributed by atoms with E-state index in [1.54, 1.807) is 35.2 Å². The summed E-state index contributed by atoms with van der Waals surface area (Å²) in [5.41, 5.74) is 1.35. The monoisotopic (exact) mass is 429 g/mol. The van der Waals surface area contributed by atoms with Crippen molar-refractivity contribution in [3.63, 3.8) is 0 Å². The molecule has 1 aromatic carbocycles. The van der Waals surface area contributed by atoms with E-state index in [1.807, 2.05) is 11.0 Å². The van der Waals surface area contributed by atoms with Crippen LogP contribution < -0.4 is 0 Å². The second-order valence-electron chi connectivity index (χ2n) is 7.90. The van der Waals surface area contributed by atoms with Gasteiger partial charge in [0, 0.05) is 42.2 Å². The van der Waals surface area contributed by atoms with E-state index in [2.05, 4.69) is 17.6 Å². The number of hydrogen-bond donors (Lipinski definition) is 2. The molecule has 2 aromatic rings. The summed E-state index contributed by atoms with van der Waals surface area (Å²) < 4.78 is 16.2. The number of likely N-dealkylation sites (tertiary alicyclic amines) is 1. The summed E-state index contributed by atoms with van der Waals surface area (Å²) >= 11 is 4.69. The topological polar surface area (TPSA) is 75.4 Å². The van der Waals surface area contributed by atoms with Crippen LogP contribution in [-0.4, -0.2) is 49.6 Å². The SMILES string of the molecule is O=C(O)Cn1ccnc1/C=C1/CN(C(C(=O)C2CC2)c2ccccc2F)CCC1S. The minimum Gasteiger partial charge on any atom is -0.480 e. The average Bonchev–Trinajstić information content (AvgIpc) is 3.48. The summed E-state index contributed by atoms with van der Waals surface area (Å²) in [6.07, 6.45) is 7.45. The molecule has 2 atom stereocenters. The summed E-state index contributed by atoms with van der Waals surface area (Å²) in [6, 6.07) is 5.85. The molecule has 2 unspecified atom stereocenters. The number of nitrogens with zero attached hydrogens (tertiary/aromatic N) is 3. The van der Waals surface area contributed by atoms with Crippen LogP contribution in [0.4, 0.5) is 4.39 Å². The van der Waals surface area contributed by atoms with Gasteiger partial charge in [0.2, 0.25) is 0 Å². The van der Waals surface area contributed by atoms with Gasteiger partial charge in [-0.25, -0.2) is 9.37 Å². The first-order chi connectivity index (χ1) is 14.4. The number of benzene rings is 1. The standard InChI is InChI=1S/C22H24FN3O3S/c23-17-4-2-1-3-16(17)21(22(29)14-5-6-14)26-9-7-18(30)15(12-26)11-19-24-8-10-25(19)13-20(27)28/h1-4,8,10-11,14,18,21,30H,5-7,9,12-13H2,(H,27,28)/b15-11-. The number of ketones is 1. The zero-order valence-electron chi connectivity index (χ0n) is 16.4. The highest BCUT2D eigenvalue weighted by Crippen LogP contribution is 2.39. The van der Waals surface area contributed by atoms with E-state index in [4.69, 9.17) is 5.11 Å². The lowest BCUT2D eigenvalue weighted by Crippen LogP contribution is -2.42. The van der Waals surface area contributed by atoms with Crippen LogP contribution in [0.3, 0.4) is 0 Å². The Morgan fingerprint density at radius 2 is 2.07 bits per heavy atom. The van der Waals surface area contributed by atoms with Crippen LogP contribution in [0.1, 0.15) is 36.7 Å². The summed E-state index contributed by atoms with van der Waals surface area (Å²) in [7, 11) is 0. The summed E-state index contributed by atoms with van der Waals surface area (Å²) in [4.78, 5) is 30.5. The fourth-order valence-corrected chi connectivity index (χ4v) is 4.25. The number of rotatable bonds is 7. The summed E-state index contributed by atoms with van der Waals surface area (Å²) in [5, 5.41) is 9.05. The molecule has 1 N–H and O–H groups in total. The Morgan fingerprint density at radius 3 is 2.77 bits per heavy atom. The van der Waals surface area contributed by atoms with Crippen LogP contribution in [0.2, 0.25) is 0 Å². The number of halogens is 1. The number of carboxylic acid groups (broad SMARTS) is 1. The van der Waals surface area contributed by atoms with Crippen LogP contribution in [0.25, 0.3) is 6.08 Å². The van der Waals surface area contributed by atoms with E-state index in [0.717, 1.165) is 18.4 Å². The number of carbonyl (C=O) groups excluding carboxylic acids is 1. The maximum Gasteiger partial charge on any atom is 0.323 e. The van der Waals surface area contributed by atoms with Crippen molar-refractivity contribution >= 4 is 30.5 Å². The van der Waals surface area contributed by atoms with Gasteiger partial charge in [0.15, 0.2) is 5.78 Å². The largest absolute Gasteiger partial charge is 0.480 e. The van der Waals surface area contributed by atoms with Crippen LogP contribution in [0.15, 0.2) is 42.2 Å². The molecule has 1 saturated carbocycles. The molecule has 4 rings (SSSR count). The Balaban J connectivity index is 1.64. The molecule has 1 aliphatic heterocycles. The van der Waals surface area contributed by atoms with Crippen molar-refractivity contribution < 1.29 is 19.1 Å². The van der Waals surface area contributed by atoms with Gasteiger partial charge >= 0.3 is 5.97 Å². The fraction of sp³-hybridized carbons (Fsp3) is 0.409.